The minimum atomic E-state index is 0.488. The average molecular weight is 99.1 g/mol. The van der Waals surface area contributed by atoms with Crippen molar-refractivity contribution in [3.63, 3.8) is 0 Å². The molecule has 7 heavy (non-hydrogen) atoms. The van der Waals surface area contributed by atoms with Gasteiger partial charge in [-0.05, 0) is 12.5 Å². The third-order valence-corrected chi connectivity index (χ3v) is 0.607. The van der Waals surface area contributed by atoms with E-state index in [0.717, 1.165) is 5.57 Å². The summed E-state index contributed by atoms with van der Waals surface area (Å²) in [6.07, 6.45) is 1.43. The number of nitrogens with two attached hydrogens (primary N) is 1. The summed E-state index contributed by atoms with van der Waals surface area (Å²) in [5.74, 6) is 0. The molecule has 3 heteroatoms. The van der Waals surface area contributed by atoms with Gasteiger partial charge in [0.05, 0.1) is 0 Å². The molecule has 0 unspecified atom stereocenters. The maximum Gasteiger partial charge on any atom is 0.0490 e. The summed E-state index contributed by atoms with van der Waals surface area (Å²) >= 11 is 0. The zero-order valence-corrected chi connectivity index (χ0v) is 4.31. The molecule has 0 aromatic rings. The van der Waals surface area contributed by atoms with Crippen molar-refractivity contribution in [2.24, 2.45) is 10.8 Å². The van der Waals surface area contributed by atoms with Gasteiger partial charge in [0.2, 0.25) is 0 Å². The van der Waals surface area contributed by atoms with Crippen LogP contribution < -0.4 is 5.73 Å². The van der Waals surface area contributed by atoms with Crippen molar-refractivity contribution in [1.82, 2.24) is 0 Å². The first kappa shape index (κ1) is 6.30. The number of nitrogens with zero attached hydrogens (tertiary/aromatic N) is 1. The molecular formula is C4H9N3. The number of rotatable bonds is 2. The molecule has 0 rings (SSSR count). The highest BCUT2D eigenvalue weighted by atomic mass is 14.9. The molecule has 0 amide bonds. The fourth-order valence-electron chi connectivity index (χ4n) is 0.163. The molecule has 0 bridgehead atoms. The maximum atomic E-state index is 6.33. The van der Waals surface area contributed by atoms with Crippen molar-refractivity contribution < 1.29 is 0 Å². The van der Waals surface area contributed by atoms with Crippen molar-refractivity contribution in [2.45, 2.75) is 6.92 Å². The summed E-state index contributed by atoms with van der Waals surface area (Å²) in [6, 6.07) is 0. The monoisotopic (exact) mass is 99.1 g/mol. The van der Waals surface area contributed by atoms with E-state index in [0.29, 0.717) is 6.54 Å². The molecule has 0 saturated carbocycles. The molecule has 0 aromatic carbocycles. The van der Waals surface area contributed by atoms with E-state index in [1.54, 1.807) is 0 Å². The lowest BCUT2D eigenvalue weighted by Crippen LogP contribution is -1.98. The quantitative estimate of drug-likeness (QED) is 0.496. The van der Waals surface area contributed by atoms with Crippen LogP contribution in [-0.2, 0) is 0 Å². The van der Waals surface area contributed by atoms with Gasteiger partial charge in [0.25, 0.3) is 0 Å². The van der Waals surface area contributed by atoms with Crippen LogP contribution in [0.5, 0.6) is 0 Å². The Kier molecular flexibility index (Phi) is 3.14. The summed E-state index contributed by atoms with van der Waals surface area (Å²) in [6.45, 7) is 2.32. The maximum absolute atomic E-state index is 6.33. The Morgan fingerprint density at radius 1 is 2.00 bits per heavy atom. The number of hydrogen-bond acceptors (Lipinski definition) is 3. The molecule has 0 radical (unpaired) electrons. The van der Waals surface area contributed by atoms with E-state index in [9.17, 15) is 0 Å². The van der Waals surface area contributed by atoms with E-state index in [4.69, 9.17) is 11.3 Å². The van der Waals surface area contributed by atoms with Crippen molar-refractivity contribution in [1.29, 1.82) is 5.53 Å². The molecule has 0 spiro atoms. The zero-order chi connectivity index (χ0) is 5.70. The van der Waals surface area contributed by atoms with Crippen molar-refractivity contribution in [3.8, 4) is 0 Å². The fourth-order valence-corrected chi connectivity index (χ4v) is 0.163. The highest BCUT2D eigenvalue weighted by Gasteiger charge is 1.76. The normalized spacial score (nSPS) is 11.4. The minimum absolute atomic E-state index is 0.488. The number of hydrogen-bond donors (Lipinski definition) is 2. The predicted octanol–water partition coefficient (Wildman–Crippen LogP) is 0.880. The molecule has 0 aliphatic rings. The van der Waals surface area contributed by atoms with Crippen molar-refractivity contribution >= 4 is 0 Å². The van der Waals surface area contributed by atoms with Crippen LogP contribution in [0.1, 0.15) is 6.92 Å². The first-order valence-electron chi connectivity index (χ1n) is 2.03. The Balaban J connectivity index is 3.49. The lowest BCUT2D eigenvalue weighted by atomic mass is 10.3. The summed E-state index contributed by atoms with van der Waals surface area (Å²) in [5, 5.41) is 3.01. The van der Waals surface area contributed by atoms with E-state index < -0.39 is 0 Å². The lowest BCUT2D eigenvalue weighted by molar-refractivity contribution is 1.07. The van der Waals surface area contributed by atoms with Gasteiger partial charge in [0.1, 0.15) is 0 Å². The second kappa shape index (κ2) is 3.49. The molecule has 3 N–H and O–H groups in total. The third-order valence-electron chi connectivity index (χ3n) is 0.607. The van der Waals surface area contributed by atoms with Crippen LogP contribution >= 0.6 is 0 Å². The summed E-state index contributed by atoms with van der Waals surface area (Å²) in [5.41, 5.74) is 12.4. The average Bonchev–Trinajstić information content (AvgIpc) is 1.68. The van der Waals surface area contributed by atoms with Crippen LogP contribution in [0.4, 0.5) is 0 Å². The van der Waals surface area contributed by atoms with Crippen LogP contribution in [0.2, 0.25) is 0 Å². The fraction of sp³-hybridized carbons (Fsp3) is 0.500. The highest BCUT2D eigenvalue weighted by molar-refractivity contribution is 4.96. The minimum Gasteiger partial charge on any atom is -0.327 e. The second-order valence-corrected chi connectivity index (χ2v) is 1.31. The van der Waals surface area contributed by atoms with Gasteiger partial charge in [-0.15, -0.1) is 0 Å². The Bertz CT molecular complexity index is 84.9. The van der Waals surface area contributed by atoms with E-state index in [-0.39, 0.29) is 0 Å². The van der Waals surface area contributed by atoms with E-state index >= 15 is 0 Å². The first-order valence-corrected chi connectivity index (χ1v) is 2.03. The van der Waals surface area contributed by atoms with Crippen LogP contribution in [0.3, 0.4) is 0 Å². The van der Waals surface area contributed by atoms with Gasteiger partial charge in [-0.3, -0.25) is 0 Å². The zero-order valence-electron chi connectivity index (χ0n) is 4.31. The van der Waals surface area contributed by atoms with Gasteiger partial charge in [-0.25, -0.2) is 5.53 Å². The van der Waals surface area contributed by atoms with Crippen LogP contribution in [0.25, 0.3) is 0 Å². The lowest BCUT2D eigenvalue weighted by Gasteiger charge is -1.85. The van der Waals surface area contributed by atoms with E-state index in [1.807, 2.05) is 6.92 Å². The van der Waals surface area contributed by atoms with Crippen LogP contribution in [0.15, 0.2) is 16.9 Å². The standard InChI is InChI=1S/C4H9N3/c1-4(2-5)3-7-6/h3,6H,2,5H2,1H3/b4-3-,7-6?. The van der Waals surface area contributed by atoms with E-state index in [2.05, 4.69) is 5.11 Å². The largest absolute Gasteiger partial charge is 0.327 e. The second-order valence-electron chi connectivity index (χ2n) is 1.31. The molecule has 3 nitrogen and oxygen atoms in total. The topological polar surface area (TPSA) is 62.2 Å². The van der Waals surface area contributed by atoms with Gasteiger partial charge in [-0.2, -0.15) is 5.11 Å². The molecule has 0 fully saturated rings. The van der Waals surface area contributed by atoms with Gasteiger partial charge >= 0.3 is 0 Å². The molecule has 0 aromatic heterocycles. The Labute approximate surface area is 42.7 Å². The van der Waals surface area contributed by atoms with Crippen LogP contribution in [-0.4, -0.2) is 6.54 Å². The smallest absolute Gasteiger partial charge is 0.0490 e. The molecule has 0 heterocycles. The molecule has 40 valence electrons. The van der Waals surface area contributed by atoms with Crippen LogP contribution in [0, 0.1) is 5.53 Å². The molecule has 0 aliphatic carbocycles. The molecule has 0 saturated heterocycles. The summed E-state index contributed by atoms with van der Waals surface area (Å²) < 4.78 is 0. The third kappa shape index (κ3) is 3.12. The number of nitrogens with one attached hydrogen (secondary N) is 1. The molecule has 0 atom stereocenters. The summed E-state index contributed by atoms with van der Waals surface area (Å²) in [7, 11) is 0. The summed E-state index contributed by atoms with van der Waals surface area (Å²) in [4.78, 5) is 0. The van der Waals surface area contributed by atoms with Gasteiger partial charge in [0, 0.05) is 12.7 Å². The Morgan fingerprint density at radius 2 is 2.57 bits per heavy atom. The van der Waals surface area contributed by atoms with E-state index in [1.165, 1.54) is 6.20 Å². The molecule has 0 aliphatic heterocycles. The van der Waals surface area contributed by atoms with Crippen molar-refractivity contribution in [2.75, 3.05) is 6.54 Å². The SMILES string of the molecule is C/C(=C/N=N)CN. The van der Waals surface area contributed by atoms with Gasteiger partial charge < -0.3 is 5.73 Å². The van der Waals surface area contributed by atoms with Gasteiger partial charge in [-0.1, -0.05) is 0 Å². The van der Waals surface area contributed by atoms with Gasteiger partial charge in [0.15, 0.2) is 0 Å². The van der Waals surface area contributed by atoms with Crippen molar-refractivity contribution in [3.05, 3.63) is 11.8 Å². The highest BCUT2D eigenvalue weighted by Crippen LogP contribution is 1.85. The Hall–Kier alpha value is -0.700. The molecular weight excluding hydrogens is 90.1 g/mol. The first-order chi connectivity index (χ1) is 3.31. The predicted molar refractivity (Wildman–Crippen MR) is 28.0 cm³/mol. The Morgan fingerprint density at radius 3 is 2.71 bits per heavy atom.